The number of hydrogen-bond acceptors (Lipinski definition) is 5. The summed E-state index contributed by atoms with van der Waals surface area (Å²) < 4.78 is 27.6. The predicted octanol–water partition coefficient (Wildman–Crippen LogP) is 2.76. The SMILES string of the molecule is Cc1ccc(S(=O)(=O)Nc2nc(C)c(C(=O)NC3CC3)s2)c(C)c1. The van der Waals surface area contributed by atoms with Crippen LogP contribution in [0.5, 0.6) is 0 Å². The van der Waals surface area contributed by atoms with Crippen molar-refractivity contribution in [2.24, 2.45) is 0 Å². The average molecular weight is 365 g/mol. The van der Waals surface area contributed by atoms with E-state index in [1.165, 1.54) is 0 Å². The van der Waals surface area contributed by atoms with E-state index >= 15 is 0 Å². The van der Waals surface area contributed by atoms with E-state index < -0.39 is 10.0 Å². The number of aryl methyl sites for hydroxylation is 3. The molecule has 8 heteroatoms. The van der Waals surface area contributed by atoms with E-state index in [4.69, 9.17) is 0 Å². The third kappa shape index (κ3) is 3.59. The molecule has 0 aliphatic heterocycles. The molecule has 1 aromatic heterocycles. The van der Waals surface area contributed by atoms with Crippen LogP contribution in [0.4, 0.5) is 5.13 Å². The fourth-order valence-corrected chi connectivity index (χ4v) is 4.73. The summed E-state index contributed by atoms with van der Waals surface area (Å²) in [5.74, 6) is -0.190. The summed E-state index contributed by atoms with van der Waals surface area (Å²) in [6.07, 6.45) is 1.99. The zero-order valence-corrected chi connectivity index (χ0v) is 15.3. The number of carbonyl (C=O) groups is 1. The maximum atomic E-state index is 12.6. The lowest BCUT2D eigenvalue weighted by atomic mass is 10.2. The van der Waals surface area contributed by atoms with Crippen molar-refractivity contribution < 1.29 is 13.2 Å². The van der Waals surface area contributed by atoms with Crippen LogP contribution in [0, 0.1) is 20.8 Å². The van der Waals surface area contributed by atoms with Crippen LogP contribution in [-0.2, 0) is 10.0 Å². The van der Waals surface area contributed by atoms with Gasteiger partial charge in [0.2, 0.25) is 0 Å². The van der Waals surface area contributed by atoms with Crippen molar-refractivity contribution in [2.75, 3.05) is 4.72 Å². The summed E-state index contributed by atoms with van der Waals surface area (Å²) in [6.45, 7) is 5.36. The number of hydrogen-bond donors (Lipinski definition) is 2. The Balaban J connectivity index is 1.83. The second kappa shape index (κ2) is 6.18. The molecule has 0 radical (unpaired) electrons. The highest BCUT2D eigenvalue weighted by Crippen LogP contribution is 2.27. The maximum Gasteiger partial charge on any atom is 0.263 e. The predicted molar refractivity (Wildman–Crippen MR) is 94.1 cm³/mol. The van der Waals surface area contributed by atoms with Gasteiger partial charge in [-0.1, -0.05) is 29.0 Å². The smallest absolute Gasteiger partial charge is 0.263 e. The third-order valence-corrected chi connectivity index (χ3v) is 6.46. The summed E-state index contributed by atoms with van der Waals surface area (Å²) in [6, 6.07) is 5.39. The first-order valence-corrected chi connectivity index (χ1v) is 9.94. The Morgan fingerprint density at radius 2 is 1.96 bits per heavy atom. The molecule has 128 valence electrons. The molecule has 0 saturated heterocycles. The van der Waals surface area contributed by atoms with Crippen LogP contribution >= 0.6 is 11.3 Å². The van der Waals surface area contributed by atoms with Crippen LogP contribution in [0.3, 0.4) is 0 Å². The van der Waals surface area contributed by atoms with Gasteiger partial charge >= 0.3 is 0 Å². The fraction of sp³-hybridized carbons (Fsp3) is 0.375. The average Bonchev–Trinajstić information content (AvgIpc) is 3.20. The quantitative estimate of drug-likeness (QED) is 0.853. The minimum absolute atomic E-state index is 0.190. The minimum Gasteiger partial charge on any atom is -0.349 e. The summed E-state index contributed by atoms with van der Waals surface area (Å²) >= 11 is 1.05. The number of benzene rings is 1. The Kier molecular flexibility index (Phi) is 4.35. The van der Waals surface area contributed by atoms with Crippen molar-refractivity contribution in [3.05, 3.63) is 39.9 Å². The lowest BCUT2D eigenvalue weighted by Crippen LogP contribution is -2.25. The molecule has 2 N–H and O–H groups in total. The second-order valence-electron chi connectivity index (χ2n) is 6.06. The number of thiazole rings is 1. The van der Waals surface area contributed by atoms with E-state index in [0.717, 1.165) is 29.7 Å². The molecule has 1 aliphatic carbocycles. The molecule has 0 atom stereocenters. The first-order valence-electron chi connectivity index (χ1n) is 7.64. The number of amides is 1. The molecule has 1 aromatic carbocycles. The van der Waals surface area contributed by atoms with Crippen LogP contribution in [0.15, 0.2) is 23.1 Å². The van der Waals surface area contributed by atoms with E-state index in [9.17, 15) is 13.2 Å². The van der Waals surface area contributed by atoms with Crippen LogP contribution in [0.25, 0.3) is 0 Å². The van der Waals surface area contributed by atoms with Crippen molar-refractivity contribution in [1.29, 1.82) is 0 Å². The molecular weight excluding hydrogens is 346 g/mol. The Morgan fingerprint density at radius 1 is 1.25 bits per heavy atom. The monoisotopic (exact) mass is 365 g/mol. The van der Waals surface area contributed by atoms with Crippen molar-refractivity contribution in [1.82, 2.24) is 10.3 Å². The van der Waals surface area contributed by atoms with Gasteiger partial charge < -0.3 is 5.32 Å². The molecule has 24 heavy (non-hydrogen) atoms. The van der Waals surface area contributed by atoms with Crippen LogP contribution in [-0.4, -0.2) is 25.4 Å². The number of sulfonamides is 1. The van der Waals surface area contributed by atoms with Gasteiger partial charge in [0, 0.05) is 6.04 Å². The van der Waals surface area contributed by atoms with Gasteiger partial charge in [-0.15, -0.1) is 0 Å². The number of rotatable bonds is 5. The Bertz CT molecular complexity index is 899. The molecular formula is C16H19N3O3S2. The van der Waals surface area contributed by atoms with Gasteiger partial charge in [-0.3, -0.25) is 9.52 Å². The number of nitrogens with zero attached hydrogens (tertiary/aromatic N) is 1. The van der Waals surface area contributed by atoms with Crippen molar-refractivity contribution in [3.63, 3.8) is 0 Å². The van der Waals surface area contributed by atoms with E-state index in [2.05, 4.69) is 15.0 Å². The molecule has 2 aromatic rings. The molecule has 1 aliphatic rings. The number of carbonyl (C=O) groups excluding carboxylic acids is 1. The molecule has 1 fully saturated rings. The van der Waals surface area contributed by atoms with Crippen LogP contribution in [0.1, 0.15) is 39.3 Å². The van der Waals surface area contributed by atoms with E-state index in [1.807, 2.05) is 13.0 Å². The van der Waals surface area contributed by atoms with Gasteiger partial charge in [0.15, 0.2) is 5.13 Å². The molecule has 1 heterocycles. The van der Waals surface area contributed by atoms with E-state index in [1.54, 1.807) is 26.0 Å². The van der Waals surface area contributed by atoms with Gasteiger partial charge in [-0.2, -0.15) is 0 Å². The zero-order valence-electron chi connectivity index (χ0n) is 13.7. The zero-order chi connectivity index (χ0) is 17.5. The van der Waals surface area contributed by atoms with Crippen molar-refractivity contribution in [2.45, 2.75) is 44.6 Å². The molecule has 3 rings (SSSR count). The fourth-order valence-electron chi connectivity index (χ4n) is 2.40. The maximum absolute atomic E-state index is 12.6. The highest BCUT2D eigenvalue weighted by Gasteiger charge is 2.27. The van der Waals surface area contributed by atoms with Gasteiger partial charge in [-0.25, -0.2) is 13.4 Å². The standard InChI is InChI=1S/C16H19N3O3S2/c1-9-4-7-13(10(2)8-9)24(21,22)19-16-17-11(3)14(23-16)15(20)18-12-5-6-12/h4,7-8,12H,5-6H2,1-3H3,(H,17,19)(H,18,20). The molecule has 6 nitrogen and oxygen atoms in total. The highest BCUT2D eigenvalue weighted by atomic mass is 32.2. The topological polar surface area (TPSA) is 88.2 Å². The number of aromatic nitrogens is 1. The molecule has 1 saturated carbocycles. The van der Waals surface area contributed by atoms with E-state index in [0.29, 0.717) is 16.1 Å². The molecule has 0 bridgehead atoms. The summed E-state index contributed by atoms with van der Waals surface area (Å²) in [4.78, 5) is 17.0. The third-order valence-electron chi connectivity index (χ3n) is 3.76. The van der Waals surface area contributed by atoms with Gasteiger partial charge in [0.1, 0.15) is 4.88 Å². The number of anilines is 1. The molecule has 1 amide bonds. The van der Waals surface area contributed by atoms with Gasteiger partial charge in [0.25, 0.3) is 15.9 Å². The first kappa shape index (κ1) is 16.9. The summed E-state index contributed by atoms with van der Waals surface area (Å²) in [5, 5.41) is 3.09. The van der Waals surface area contributed by atoms with Gasteiger partial charge in [0.05, 0.1) is 10.6 Å². The second-order valence-corrected chi connectivity index (χ2v) is 8.71. The molecule has 0 unspecified atom stereocenters. The van der Waals surface area contributed by atoms with Crippen LogP contribution < -0.4 is 10.0 Å². The lowest BCUT2D eigenvalue weighted by Gasteiger charge is -2.08. The normalized spacial score (nSPS) is 14.5. The van der Waals surface area contributed by atoms with Crippen LogP contribution in [0.2, 0.25) is 0 Å². The van der Waals surface area contributed by atoms with E-state index in [-0.39, 0.29) is 22.0 Å². The summed E-state index contributed by atoms with van der Waals surface area (Å²) in [5.41, 5.74) is 2.19. The van der Waals surface area contributed by atoms with Crippen molar-refractivity contribution in [3.8, 4) is 0 Å². The lowest BCUT2D eigenvalue weighted by molar-refractivity contribution is 0.0954. The van der Waals surface area contributed by atoms with Crippen molar-refractivity contribution >= 4 is 32.4 Å². The summed E-state index contributed by atoms with van der Waals surface area (Å²) in [7, 11) is -3.73. The Labute approximate surface area is 145 Å². The number of nitrogens with one attached hydrogen (secondary N) is 2. The first-order chi connectivity index (χ1) is 11.3. The largest absolute Gasteiger partial charge is 0.349 e. The molecule has 0 spiro atoms. The highest BCUT2D eigenvalue weighted by molar-refractivity contribution is 7.93. The Morgan fingerprint density at radius 3 is 2.58 bits per heavy atom. The Hall–Kier alpha value is -1.93. The minimum atomic E-state index is -3.73. The van der Waals surface area contributed by atoms with Gasteiger partial charge in [-0.05, 0) is 45.2 Å².